The molecule has 2 rings (SSSR count). The second kappa shape index (κ2) is 6.13. The third-order valence-electron chi connectivity index (χ3n) is 2.93. The van der Waals surface area contributed by atoms with Gasteiger partial charge < -0.3 is 20.5 Å². The molecule has 0 atom stereocenters. The third-order valence-corrected chi connectivity index (χ3v) is 2.93. The van der Waals surface area contributed by atoms with E-state index in [2.05, 4.69) is 5.32 Å². The molecule has 0 aliphatic carbocycles. The van der Waals surface area contributed by atoms with Crippen LogP contribution in [-0.4, -0.2) is 20.1 Å². The molecule has 0 spiro atoms. The van der Waals surface area contributed by atoms with Crippen molar-refractivity contribution in [3.63, 3.8) is 0 Å². The first kappa shape index (κ1) is 14.6. The summed E-state index contributed by atoms with van der Waals surface area (Å²) >= 11 is 0. The molecule has 0 saturated carbocycles. The van der Waals surface area contributed by atoms with Crippen molar-refractivity contribution in [1.29, 1.82) is 0 Å². The highest BCUT2D eigenvalue weighted by Gasteiger charge is 2.18. The molecule has 0 bridgehead atoms. The molecule has 0 radical (unpaired) electrons. The molecule has 0 aliphatic heterocycles. The van der Waals surface area contributed by atoms with Crippen LogP contribution in [0.25, 0.3) is 0 Å². The maximum absolute atomic E-state index is 13.8. The summed E-state index contributed by atoms with van der Waals surface area (Å²) in [5, 5.41) is 2.55. The molecule has 5 nitrogen and oxygen atoms in total. The van der Waals surface area contributed by atoms with E-state index >= 15 is 0 Å². The second-order valence-corrected chi connectivity index (χ2v) is 4.22. The first-order valence-electron chi connectivity index (χ1n) is 6.14. The number of hydrogen-bond donors (Lipinski definition) is 2. The standard InChI is InChI=1S/C15H15FN2O3/c1-20-9-6-7-11(17)12(8-9)18-15(19)14-10(16)4-3-5-13(14)21-2/h3-8H,17H2,1-2H3,(H,18,19). The van der Waals surface area contributed by atoms with Crippen LogP contribution in [-0.2, 0) is 0 Å². The molecule has 0 unspecified atom stereocenters. The number of halogens is 1. The van der Waals surface area contributed by atoms with Crippen molar-refractivity contribution >= 4 is 17.3 Å². The Labute approximate surface area is 121 Å². The first-order chi connectivity index (χ1) is 10.1. The van der Waals surface area contributed by atoms with Crippen LogP contribution in [0.15, 0.2) is 36.4 Å². The smallest absolute Gasteiger partial charge is 0.262 e. The highest BCUT2D eigenvalue weighted by Crippen LogP contribution is 2.27. The van der Waals surface area contributed by atoms with Gasteiger partial charge >= 0.3 is 0 Å². The molecule has 2 aromatic rings. The van der Waals surface area contributed by atoms with Gasteiger partial charge in [-0.15, -0.1) is 0 Å². The number of ether oxygens (including phenoxy) is 2. The lowest BCUT2D eigenvalue weighted by Crippen LogP contribution is -2.16. The minimum Gasteiger partial charge on any atom is -0.497 e. The van der Waals surface area contributed by atoms with Crippen molar-refractivity contribution in [1.82, 2.24) is 0 Å². The molecule has 0 aromatic heterocycles. The van der Waals surface area contributed by atoms with Crippen LogP contribution in [0, 0.1) is 5.82 Å². The molecule has 110 valence electrons. The predicted molar refractivity (Wildman–Crippen MR) is 78.3 cm³/mol. The van der Waals surface area contributed by atoms with Crippen molar-refractivity contribution < 1.29 is 18.7 Å². The number of amides is 1. The van der Waals surface area contributed by atoms with E-state index in [4.69, 9.17) is 15.2 Å². The number of anilines is 2. The number of benzene rings is 2. The van der Waals surface area contributed by atoms with Gasteiger partial charge in [0.1, 0.15) is 22.9 Å². The van der Waals surface area contributed by atoms with E-state index in [1.165, 1.54) is 32.4 Å². The number of nitrogens with two attached hydrogens (primary N) is 1. The van der Waals surface area contributed by atoms with Crippen molar-refractivity contribution in [3.05, 3.63) is 47.8 Å². The Bertz CT molecular complexity index is 674. The van der Waals surface area contributed by atoms with E-state index in [1.807, 2.05) is 0 Å². The fourth-order valence-corrected chi connectivity index (χ4v) is 1.85. The van der Waals surface area contributed by atoms with Crippen LogP contribution in [0.2, 0.25) is 0 Å². The van der Waals surface area contributed by atoms with Gasteiger partial charge in [0.2, 0.25) is 0 Å². The lowest BCUT2D eigenvalue weighted by atomic mass is 10.1. The lowest BCUT2D eigenvalue weighted by Gasteiger charge is -2.12. The summed E-state index contributed by atoms with van der Waals surface area (Å²) in [5.41, 5.74) is 6.29. The van der Waals surface area contributed by atoms with Gasteiger partial charge in [0.25, 0.3) is 5.91 Å². The molecule has 6 heteroatoms. The van der Waals surface area contributed by atoms with Gasteiger partial charge in [0.05, 0.1) is 25.6 Å². The number of carbonyl (C=O) groups excluding carboxylic acids is 1. The summed E-state index contributed by atoms with van der Waals surface area (Å²) in [4.78, 5) is 12.2. The average molecular weight is 290 g/mol. The Hall–Kier alpha value is -2.76. The maximum atomic E-state index is 13.8. The Kier molecular flexibility index (Phi) is 4.27. The highest BCUT2D eigenvalue weighted by molar-refractivity contribution is 6.07. The molecular formula is C15H15FN2O3. The first-order valence-corrected chi connectivity index (χ1v) is 6.14. The van der Waals surface area contributed by atoms with Crippen molar-refractivity contribution in [2.45, 2.75) is 0 Å². The minimum atomic E-state index is -0.673. The molecule has 0 fully saturated rings. The van der Waals surface area contributed by atoms with Gasteiger partial charge in [-0.2, -0.15) is 0 Å². The lowest BCUT2D eigenvalue weighted by molar-refractivity contribution is 0.102. The van der Waals surface area contributed by atoms with Crippen molar-refractivity contribution in [3.8, 4) is 11.5 Å². The Morgan fingerprint density at radius 2 is 1.95 bits per heavy atom. The van der Waals surface area contributed by atoms with Crippen LogP contribution in [0.4, 0.5) is 15.8 Å². The zero-order valence-electron chi connectivity index (χ0n) is 11.6. The summed E-state index contributed by atoms with van der Waals surface area (Å²) < 4.78 is 23.9. The molecule has 1 amide bonds. The van der Waals surface area contributed by atoms with E-state index in [9.17, 15) is 9.18 Å². The second-order valence-electron chi connectivity index (χ2n) is 4.22. The quantitative estimate of drug-likeness (QED) is 0.849. The van der Waals surface area contributed by atoms with E-state index in [0.717, 1.165) is 0 Å². The predicted octanol–water partition coefficient (Wildman–Crippen LogP) is 2.68. The summed E-state index contributed by atoms with van der Waals surface area (Å²) in [7, 11) is 2.86. The fourth-order valence-electron chi connectivity index (χ4n) is 1.85. The molecule has 0 aliphatic rings. The Balaban J connectivity index is 2.35. The van der Waals surface area contributed by atoms with Crippen LogP contribution in [0.5, 0.6) is 11.5 Å². The number of methoxy groups -OCH3 is 2. The zero-order chi connectivity index (χ0) is 15.4. The van der Waals surface area contributed by atoms with Crippen LogP contribution in [0.1, 0.15) is 10.4 Å². The van der Waals surface area contributed by atoms with Gasteiger partial charge in [-0.25, -0.2) is 4.39 Å². The van der Waals surface area contributed by atoms with Crippen molar-refractivity contribution in [2.75, 3.05) is 25.3 Å². The van der Waals surface area contributed by atoms with E-state index in [0.29, 0.717) is 17.1 Å². The SMILES string of the molecule is COc1ccc(N)c(NC(=O)c2c(F)cccc2OC)c1. The third kappa shape index (κ3) is 3.05. The van der Waals surface area contributed by atoms with E-state index < -0.39 is 11.7 Å². The van der Waals surface area contributed by atoms with E-state index in [-0.39, 0.29) is 11.3 Å². The topological polar surface area (TPSA) is 73.6 Å². The number of rotatable bonds is 4. The molecule has 3 N–H and O–H groups in total. The number of nitrogen functional groups attached to an aromatic ring is 1. The van der Waals surface area contributed by atoms with Gasteiger partial charge in [-0.1, -0.05) is 6.07 Å². The summed E-state index contributed by atoms with van der Waals surface area (Å²) in [6.45, 7) is 0. The maximum Gasteiger partial charge on any atom is 0.262 e. The minimum absolute atomic E-state index is 0.147. The Morgan fingerprint density at radius 3 is 2.62 bits per heavy atom. The summed E-state index contributed by atoms with van der Waals surface area (Å²) in [5.74, 6) is -0.646. The number of carbonyl (C=O) groups is 1. The number of nitrogens with one attached hydrogen (secondary N) is 1. The van der Waals surface area contributed by atoms with Crippen LogP contribution in [0.3, 0.4) is 0 Å². The molecule has 0 saturated heterocycles. The zero-order valence-corrected chi connectivity index (χ0v) is 11.6. The largest absolute Gasteiger partial charge is 0.497 e. The summed E-state index contributed by atoms with van der Waals surface area (Å²) in [6, 6.07) is 8.96. The van der Waals surface area contributed by atoms with Gasteiger partial charge in [-0.3, -0.25) is 4.79 Å². The molecule has 2 aromatic carbocycles. The van der Waals surface area contributed by atoms with E-state index in [1.54, 1.807) is 18.2 Å². The summed E-state index contributed by atoms with van der Waals surface area (Å²) in [6.07, 6.45) is 0. The normalized spacial score (nSPS) is 10.0. The average Bonchev–Trinajstić information content (AvgIpc) is 2.48. The molecule has 0 heterocycles. The highest BCUT2D eigenvalue weighted by atomic mass is 19.1. The van der Waals surface area contributed by atoms with Crippen LogP contribution >= 0.6 is 0 Å². The van der Waals surface area contributed by atoms with Gasteiger partial charge in [0, 0.05) is 6.07 Å². The van der Waals surface area contributed by atoms with Gasteiger partial charge in [-0.05, 0) is 24.3 Å². The van der Waals surface area contributed by atoms with Gasteiger partial charge in [0.15, 0.2) is 0 Å². The number of hydrogen-bond acceptors (Lipinski definition) is 4. The fraction of sp³-hybridized carbons (Fsp3) is 0.133. The van der Waals surface area contributed by atoms with Crippen molar-refractivity contribution in [2.24, 2.45) is 0 Å². The molecular weight excluding hydrogens is 275 g/mol. The monoisotopic (exact) mass is 290 g/mol. The Morgan fingerprint density at radius 1 is 1.19 bits per heavy atom. The molecule has 21 heavy (non-hydrogen) atoms. The van der Waals surface area contributed by atoms with Crippen LogP contribution < -0.4 is 20.5 Å².